The highest BCUT2D eigenvalue weighted by Gasteiger charge is 2.28. The monoisotopic (exact) mass is 553 g/mol. The summed E-state index contributed by atoms with van der Waals surface area (Å²) in [6, 6.07) is 10.8. The first-order chi connectivity index (χ1) is 15.1. The Hall–Kier alpha value is -1.94. The van der Waals surface area contributed by atoms with Gasteiger partial charge in [0, 0.05) is 39.4 Å². The number of morpholine rings is 1. The number of benzene rings is 1. The predicted octanol–water partition coefficient (Wildman–Crippen LogP) is 4.37. The minimum absolute atomic E-state index is 0. The number of aliphatic imine (C=N–C) groups is 1. The van der Waals surface area contributed by atoms with E-state index < -0.39 is 0 Å². The number of anilines is 1. The van der Waals surface area contributed by atoms with Crippen LogP contribution in [-0.2, 0) is 11.3 Å². The van der Waals surface area contributed by atoms with E-state index in [-0.39, 0.29) is 42.0 Å². The van der Waals surface area contributed by atoms with Crippen molar-refractivity contribution < 1.29 is 9.13 Å². The van der Waals surface area contributed by atoms with E-state index >= 15 is 0 Å². The van der Waals surface area contributed by atoms with Gasteiger partial charge >= 0.3 is 0 Å². The number of piperidine rings is 1. The Morgan fingerprint density at radius 2 is 1.91 bits per heavy atom. The average molecular weight is 553 g/mol. The summed E-state index contributed by atoms with van der Waals surface area (Å²) in [7, 11) is 1.81. The van der Waals surface area contributed by atoms with Crippen molar-refractivity contribution in [3.63, 3.8) is 0 Å². The third-order valence-electron chi connectivity index (χ3n) is 5.95. The van der Waals surface area contributed by atoms with Gasteiger partial charge in [0.25, 0.3) is 0 Å². The van der Waals surface area contributed by atoms with E-state index in [2.05, 4.69) is 44.1 Å². The van der Waals surface area contributed by atoms with Crippen LogP contribution < -0.4 is 10.2 Å². The first-order valence-corrected chi connectivity index (χ1v) is 11.2. The van der Waals surface area contributed by atoms with Crippen molar-refractivity contribution in [2.75, 3.05) is 38.1 Å². The molecule has 1 N–H and O–H groups in total. The molecule has 2 fully saturated rings. The van der Waals surface area contributed by atoms with Crippen LogP contribution in [0.15, 0.2) is 47.6 Å². The highest BCUT2D eigenvalue weighted by molar-refractivity contribution is 14.0. The highest BCUT2D eigenvalue weighted by Crippen LogP contribution is 2.25. The molecular formula is C24H33FIN5O. The molecule has 0 saturated carbocycles. The van der Waals surface area contributed by atoms with Gasteiger partial charge in [-0.25, -0.2) is 9.37 Å². The van der Waals surface area contributed by atoms with Gasteiger partial charge in [0.1, 0.15) is 17.7 Å². The van der Waals surface area contributed by atoms with Gasteiger partial charge in [-0.15, -0.1) is 24.0 Å². The van der Waals surface area contributed by atoms with Crippen LogP contribution >= 0.6 is 24.0 Å². The van der Waals surface area contributed by atoms with Crippen molar-refractivity contribution in [1.29, 1.82) is 0 Å². The second-order valence-electron chi connectivity index (χ2n) is 8.36. The molecular weight excluding hydrogens is 520 g/mol. The largest absolute Gasteiger partial charge is 0.367 e. The molecule has 2 saturated heterocycles. The van der Waals surface area contributed by atoms with Crippen LogP contribution in [0.2, 0.25) is 0 Å². The Labute approximate surface area is 207 Å². The first-order valence-electron chi connectivity index (χ1n) is 11.2. The fraction of sp³-hybridized carbons (Fsp3) is 0.500. The van der Waals surface area contributed by atoms with Crippen LogP contribution in [0.1, 0.15) is 43.4 Å². The van der Waals surface area contributed by atoms with Crippen LogP contribution in [0.4, 0.5) is 10.2 Å². The van der Waals surface area contributed by atoms with Crippen LogP contribution in [0.25, 0.3) is 0 Å². The number of halogens is 2. The molecule has 1 aromatic carbocycles. The van der Waals surface area contributed by atoms with Crippen LogP contribution in [0.5, 0.6) is 0 Å². The number of ether oxygens (including phenoxy) is 1. The molecule has 174 valence electrons. The molecule has 0 bridgehead atoms. The Morgan fingerprint density at radius 1 is 1.16 bits per heavy atom. The second kappa shape index (κ2) is 11.8. The fourth-order valence-electron chi connectivity index (χ4n) is 4.37. The van der Waals surface area contributed by atoms with E-state index in [0.717, 1.165) is 37.0 Å². The zero-order chi connectivity index (χ0) is 21.6. The molecule has 2 aromatic rings. The van der Waals surface area contributed by atoms with Crippen LogP contribution in [0.3, 0.4) is 0 Å². The first kappa shape index (κ1) is 24.7. The van der Waals surface area contributed by atoms with Gasteiger partial charge in [-0.3, -0.25) is 4.99 Å². The standard InChI is InChI=1S/C24H32FN5O.HI/c1-18-16-30(17-22(31-18)20-6-8-21(25)9-7-20)24(26-2)28-15-19-10-11-27-23(14-19)29-12-4-3-5-13-29;/h6-11,14,18,22H,3-5,12-13,15-17H2,1-2H3,(H,26,28);1H. The van der Waals surface area contributed by atoms with E-state index in [1.54, 1.807) is 19.2 Å². The van der Waals surface area contributed by atoms with Crippen LogP contribution in [-0.4, -0.2) is 55.2 Å². The molecule has 0 spiro atoms. The maximum atomic E-state index is 13.3. The van der Waals surface area contributed by atoms with Crippen molar-refractivity contribution >= 4 is 35.8 Å². The Balaban J connectivity index is 0.00000289. The number of hydrogen-bond acceptors (Lipinski definition) is 4. The molecule has 3 heterocycles. The lowest BCUT2D eigenvalue weighted by Crippen LogP contribution is -2.50. The second-order valence-corrected chi connectivity index (χ2v) is 8.36. The summed E-state index contributed by atoms with van der Waals surface area (Å²) in [5.74, 6) is 1.67. The fourth-order valence-corrected chi connectivity index (χ4v) is 4.37. The van der Waals surface area contributed by atoms with Crippen LogP contribution in [0, 0.1) is 5.82 Å². The molecule has 2 unspecified atom stereocenters. The van der Waals surface area contributed by atoms with Gasteiger partial charge in [-0.2, -0.15) is 0 Å². The summed E-state index contributed by atoms with van der Waals surface area (Å²) in [6.07, 6.45) is 5.61. The topological polar surface area (TPSA) is 53.0 Å². The molecule has 0 aliphatic carbocycles. The van der Waals surface area contributed by atoms with E-state index in [4.69, 9.17) is 4.74 Å². The third kappa shape index (κ3) is 6.31. The number of pyridine rings is 1. The van der Waals surface area contributed by atoms with Crippen molar-refractivity contribution in [1.82, 2.24) is 15.2 Å². The molecule has 0 amide bonds. The average Bonchev–Trinajstić information content (AvgIpc) is 2.80. The van der Waals surface area contributed by atoms with Crippen molar-refractivity contribution in [3.8, 4) is 0 Å². The quantitative estimate of drug-likeness (QED) is 0.347. The lowest BCUT2D eigenvalue weighted by molar-refractivity contribution is -0.0605. The van der Waals surface area contributed by atoms with E-state index in [0.29, 0.717) is 13.1 Å². The maximum absolute atomic E-state index is 13.3. The summed E-state index contributed by atoms with van der Waals surface area (Å²) < 4.78 is 19.4. The van der Waals surface area contributed by atoms with Gasteiger partial charge in [-0.1, -0.05) is 12.1 Å². The van der Waals surface area contributed by atoms with Crippen molar-refractivity contribution in [3.05, 3.63) is 59.5 Å². The SMILES string of the molecule is CN=C(NCc1ccnc(N2CCCCC2)c1)N1CC(C)OC(c2ccc(F)cc2)C1.I. The third-order valence-corrected chi connectivity index (χ3v) is 5.95. The number of nitrogens with zero attached hydrogens (tertiary/aromatic N) is 4. The van der Waals surface area contributed by atoms with Gasteiger partial charge in [0.2, 0.25) is 0 Å². The van der Waals surface area contributed by atoms with Gasteiger partial charge in [0.15, 0.2) is 5.96 Å². The maximum Gasteiger partial charge on any atom is 0.194 e. The van der Waals surface area contributed by atoms with E-state index in [1.807, 2.05) is 6.20 Å². The van der Waals surface area contributed by atoms with Gasteiger partial charge in [-0.05, 0) is 61.6 Å². The molecule has 0 radical (unpaired) electrons. The lowest BCUT2D eigenvalue weighted by Gasteiger charge is -2.38. The highest BCUT2D eigenvalue weighted by atomic mass is 127. The molecule has 1 aromatic heterocycles. The Bertz CT molecular complexity index is 888. The van der Waals surface area contributed by atoms with Gasteiger partial charge in [0.05, 0.1) is 12.6 Å². The molecule has 2 aliphatic heterocycles. The number of guanidine groups is 1. The Morgan fingerprint density at radius 3 is 2.62 bits per heavy atom. The summed E-state index contributed by atoms with van der Waals surface area (Å²) in [6.45, 7) is 6.34. The van der Waals surface area contributed by atoms with Crippen molar-refractivity contribution in [2.24, 2.45) is 4.99 Å². The lowest BCUT2D eigenvalue weighted by atomic mass is 10.1. The van der Waals surface area contributed by atoms with Gasteiger partial charge < -0.3 is 19.9 Å². The molecule has 4 rings (SSSR count). The molecule has 8 heteroatoms. The number of aromatic nitrogens is 1. The smallest absolute Gasteiger partial charge is 0.194 e. The molecule has 2 aliphatic rings. The minimum atomic E-state index is -0.233. The van der Waals surface area contributed by atoms with E-state index in [1.165, 1.54) is 37.0 Å². The number of nitrogens with one attached hydrogen (secondary N) is 1. The summed E-state index contributed by atoms with van der Waals surface area (Å²) >= 11 is 0. The Kier molecular flexibility index (Phi) is 9.10. The van der Waals surface area contributed by atoms with Crippen molar-refractivity contribution in [2.45, 2.75) is 44.9 Å². The minimum Gasteiger partial charge on any atom is -0.367 e. The molecule has 32 heavy (non-hydrogen) atoms. The normalized spacial score (nSPS) is 21.8. The summed E-state index contributed by atoms with van der Waals surface area (Å²) in [5.41, 5.74) is 2.17. The molecule has 6 nitrogen and oxygen atoms in total. The predicted molar refractivity (Wildman–Crippen MR) is 137 cm³/mol. The number of hydrogen-bond donors (Lipinski definition) is 1. The van der Waals surface area contributed by atoms with E-state index in [9.17, 15) is 4.39 Å². The summed E-state index contributed by atoms with van der Waals surface area (Å²) in [5, 5.41) is 3.50. The molecule has 2 atom stereocenters. The zero-order valence-corrected chi connectivity index (χ0v) is 21.2. The number of rotatable bonds is 4. The zero-order valence-electron chi connectivity index (χ0n) is 18.8. The summed E-state index contributed by atoms with van der Waals surface area (Å²) in [4.78, 5) is 13.7.